The first-order chi connectivity index (χ1) is 12.3. The lowest BCUT2D eigenvalue weighted by Crippen LogP contribution is -2.41. The van der Waals surface area contributed by atoms with Gasteiger partial charge in [-0.05, 0) is 45.4 Å². The van der Waals surface area contributed by atoms with Gasteiger partial charge in [0.1, 0.15) is 5.75 Å². The Kier molecular flexibility index (Phi) is 9.03. The number of benzene rings is 1. The highest BCUT2D eigenvalue weighted by Crippen LogP contribution is 2.39. The average Bonchev–Trinajstić information content (AvgIpc) is 2.56. The molecule has 0 aliphatic heterocycles. The van der Waals surface area contributed by atoms with Crippen molar-refractivity contribution >= 4 is 27.7 Å². The van der Waals surface area contributed by atoms with Crippen LogP contribution < -0.4 is 4.74 Å². The molecule has 0 aliphatic rings. The number of carbonyl (C=O) groups excluding carboxylic acids is 1. The largest absolute Gasteiger partial charge is 0.415 e. The van der Waals surface area contributed by atoms with Crippen LogP contribution in [0.4, 0.5) is 4.79 Å². The van der Waals surface area contributed by atoms with Crippen LogP contribution in [0.2, 0.25) is 0 Å². The van der Waals surface area contributed by atoms with E-state index in [0.717, 1.165) is 5.56 Å². The fourth-order valence-corrected chi connectivity index (χ4v) is 4.50. The van der Waals surface area contributed by atoms with Crippen LogP contribution >= 0.6 is 21.6 Å². The van der Waals surface area contributed by atoms with E-state index in [9.17, 15) is 4.79 Å². The van der Waals surface area contributed by atoms with Crippen molar-refractivity contribution in [1.29, 1.82) is 0 Å². The lowest BCUT2D eigenvalue weighted by atomic mass is 10.2. The summed E-state index contributed by atoms with van der Waals surface area (Å²) in [7, 11) is 5.43. The quantitative estimate of drug-likeness (QED) is 0.484. The van der Waals surface area contributed by atoms with Crippen LogP contribution in [0, 0.1) is 0 Å². The molecule has 1 aromatic carbocycles. The van der Waals surface area contributed by atoms with Crippen molar-refractivity contribution in [2.75, 3.05) is 7.05 Å². The Morgan fingerprint density at radius 3 is 2.11 bits per heavy atom. The zero-order valence-corrected chi connectivity index (χ0v) is 19.8. The molecule has 0 saturated heterocycles. The number of hydrogen-bond donors (Lipinski definition) is 0. The van der Waals surface area contributed by atoms with Gasteiger partial charge in [0.2, 0.25) is 0 Å². The van der Waals surface area contributed by atoms with Crippen LogP contribution in [0.1, 0.15) is 61.0 Å². The maximum absolute atomic E-state index is 12.5. The molecule has 27 heavy (non-hydrogen) atoms. The molecule has 1 amide bonds. The monoisotopic (exact) mass is 413 g/mol. The van der Waals surface area contributed by atoms with E-state index in [-0.39, 0.29) is 22.5 Å². The molecular formula is C21H35NO3S2. The van der Waals surface area contributed by atoms with E-state index in [4.69, 9.17) is 9.47 Å². The van der Waals surface area contributed by atoms with Crippen LogP contribution in [0.3, 0.4) is 0 Å². The fraction of sp³-hybridized carbons (Fsp3) is 0.667. The number of carbonyl (C=O) groups is 1. The van der Waals surface area contributed by atoms with Crippen molar-refractivity contribution in [3.05, 3.63) is 29.8 Å². The molecule has 1 rings (SSSR count). The van der Waals surface area contributed by atoms with Crippen LogP contribution in [-0.4, -0.2) is 39.7 Å². The molecule has 0 saturated carbocycles. The van der Waals surface area contributed by atoms with Gasteiger partial charge < -0.3 is 14.4 Å². The highest BCUT2D eigenvalue weighted by Gasteiger charge is 2.25. The standard InChI is InChI=1S/C21H35NO3S2/c1-15(16(2)26-27-21(6,7)8)22(9)19(23)25-18-12-10-17(11-13-18)14-24-20(3,4)5/h10-13,15-16H,14H2,1-9H3. The first-order valence-corrected chi connectivity index (χ1v) is 11.5. The van der Waals surface area contributed by atoms with Crippen molar-refractivity contribution in [2.24, 2.45) is 0 Å². The van der Waals surface area contributed by atoms with E-state index in [1.54, 1.807) is 22.7 Å². The van der Waals surface area contributed by atoms with Gasteiger partial charge in [0.05, 0.1) is 12.2 Å². The Bertz CT molecular complexity index is 591. The second-order valence-electron chi connectivity index (χ2n) is 8.76. The summed E-state index contributed by atoms with van der Waals surface area (Å²) in [4.78, 5) is 14.1. The number of amides is 1. The third kappa shape index (κ3) is 9.77. The molecule has 0 spiro atoms. The van der Waals surface area contributed by atoms with E-state index in [1.807, 2.05) is 55.8 Å². The van der Waals surface area contributed by atoms with Crippen molar-refractivity contribution in [1.82, 2.24) is 4.90 Å². The summed E-state index contributed by atoms with van der Waals surface area (Å²) >= 11 is 0. The van der Waals surface area contributed by atoms with Crippen molar-refractivity contribution in [2.45, 2.75) is 83.6 Å². The van der Waals surface area contributed by atoms with Gasteiger partial charge in [0.15, 0.2) is 0 Å². The summed E-state index contributed by atoms with van der Waals surface area (Å²) in [5.74, 6) is 0.544. The zero-order chi connectivity index (χ0) is 20.8. The third-order valence-corrected chi connectivity index (χ3v) is 7.82. The maximum Gasteiger partial charge on any atom is 0.415 e. The number of rotatable bonds is 7. The minimum absolute atomic E-state index is 0.0665. The van der Waals surface area contributed by atoms with Crippen molar-refractivity contribution < 1.29 is 14.3 Å². The van der Waals surface area contributed by atoms with Gasteiger partial charge in [-0.3, -0.25) is 0 Å². The van der Waals surface area contributed by atoms with Crippen LogP contribution in [0.15, 0.2) is 24.3 Å². The Balaban J connectivity index is 2.56. The first-order valence-electron chi connectivity index (χ1n) is 9.30. The smallest absolute Gasteiger partial charge is 0.410 e. The van der Waals surface area contributed by atoms with Gasteiger partial charge in [-0.1, -0.05) is 61.4 Å². The lowest BCUT2D eigenvalue weighted by Gasteiger charge is -2.30. The highest BCUT2D eigenvalue weighted by atomic mass is 33.1. The molecular weight excluding hydrogens is 378 g/mol. The predicted molar refractivity (Wildman–Crippen MR) is 119 cm³/mol. The Morgan fingerprint density at radius 1 is 1.07 bits per heavy atom. The fourth-order valence-electron chi connectivity index (χ4n) is 1.91. The summed E-state index contributed by atoms with van der Waals surface area (Å²) in [6.45, 7) is 17.4. The molecule has 0 fully saturated rings. The maximum atomic E-state index is 12.5. The topological polar surface area (TPSA) is 38.8 Å². The normalized spacial score (nSPS) is 14.6. The number of nitrogens with zero attached hydrogens (tertiary/aromatic N) is 1. The number of hydrogen-bond acceptors (Lipinski definition) is 5. The van der Waals surface area contributed by atoms with E-state index in [1.165, 1.54) is 0 Å². The minimum atomic E-state index is -0.339. The molecule has 0 aromatic heterocycles. The summed E-state index contributed by atoms with van der Waals surface area (Å²) in [6, 6.07) is 7.54. The van der Waals surface area contributed by atoms with Gasteiger partial charge in [-0.25, -0.2) is 4.79 Å². The third-order valence-electron chi connectivity index (χ3n) is 3.83. The van der Waals surface area contributed by atoms with Crippen molar-refractivity contribution in [3.8, 4) is 5.75 Å². The molecule has 0 radical (unpaired) electrons. The Labute approximate surface area is 173 Å². The van der Waals surface area contributed by atoms with Gasteiger partial charge in [-0.15, -0.1) is 0 Å². The predicted octanol–water partition coefficient (Wildman–Crippen LogP) is 6.39. The SMILES string of the molecule is CC(SSC(C)(C)C)C(C)N(C)C(=O)Oc1ccc(COC(C)(C)C)cc1. The molecule has 0 heterocycles. The first kappa shape index (κ1) is 24.2. The van der Waals surface area contributed by atoms with Crippen LogP contribution in [0.25, 0.3) is 0 Å². The molecule has 4 nitrogen and oxygen atoms in total. The van der Waals surface area contributed by atoms with E-state index < -0.39 is 0 Å². The Hall–Kier alpha value is -0.850. The lowest BCUT2D eigenvalue weighted by molar-refractivity contribution is -0.0149. The molecule has 0 N–H and O–H groups in total. The van der Waals surface area contributed by atoms with E-state index >= 15 is 0 Å². The van der Waals surface area contributed by atoms with Crippen LogP contribution in [0.5, 0.6) is 5.75 Å². The van der Waals surface area contributed by atoms with Gasteiger partial charge in [-0.2, -0.15) is 0 Å². The summed E-state index contributed by atoms with van der Waals surface area (Å²) in [5.41, 5.74) is 0.875. The molecule has 0 bridgehead atoms. The second kappa shape index (κ2) is 10.1. The highest BCUT2D eigenvalue weighted by molar-refractivity contribution is 8.77. The van der Waals surface area contributed by atoms with Gasteiger partial charge in [0, 0.05) is 23.1 Å². The molecule has 2 unspecified atom stereocenters. The number of ether oxygens (including phenoxy) is 2. The Morgan fingerprint density at radius 2 is 1.63 bits per heavy atom. The minimum Gasteiger partial charge on any atom is -0.410 e. The summed E-state index contributed by atoms with van der Waals surface area (Å²) in [6.07, 6.45) is -0.339. The molecule has 6 heteroatoms. The summed E-state index contributed by atoms with van der Waals surface area (Å²) in [5, 5.41) is 0.295. The zero-order valence-electron chi connectivity index (χ0n) is 18.2. The molecule has 154 valence electrons. The average molecular weight is 414 g/mol. The molecule has 1 aromatic rings. The van der Waals surface area contributed by atoms with E-state index in [2.05, 4.69) is 34.6 Å². The van der Waals surface area contributed by atoms with Crippen molar-refractivity contribution in [3.63, 3.8) is 0 Å². The summed E-state index contributed by atoms with van der Waals surface area (Å²) < 4.78 is 11.5. The molecule has 0 aliphatic carbocycles. The second-order valence-corrected chi connectivity index (χ2v) is 12.2. The van der Waals surface area contributed by atoms with Gasteiger partial charge >= 0.3 is 6.09 Å². The van der Waals surface area contributed by atoms with Crippen LogP contribution in [-0.2, 0) is 11.3 Å². The van der Waals surface area contributed by atoms with E-state index in [0.29, 0.717) is 17.6 Å². The molecule has 2 atom stereocenters. The van der Waals surface area contributed by atoms with Gasteiger partial charge in [0.25, 0.3) is 0 Å².